The monoisotopic (exact) mass is 409 g/mol. The van der Waals surface area contributed by atoms with Gasteiger partial charge in [0.25, 0.3) is 0 Å². The molecule has 0 atom stereocenters. The minimum Gasteiger partial charge on any atom is -0.361 e. The van der Waals surface area contributed by atoms with Gasteiger partial charge in [0.15, 0.2) is 0 Å². The zero-order chi connectivity index (χ0) is 22.1. The van der Waals surface area contributed by atoms with Crippen LogP contribution in [0.2, 0.25) is 0 Å². The van der Waals surface area contributed by atoms with Crippen molar-refractivity contribution < 1.29 is 9.32 Å². The van der Waals surface area contributed by atoms with Crippen LogP contribution in [-0.4, -0.2) is 21.0 Å². The van der Waals surface area contributed by atoms with Gasteiger partial charge in [0.05, 0.1) is 17.9 Å². The Bertz CT molecular complexity index is 1020. The van der Waals surface area contributed by atoms with Crippen molar-refractivity contribution in [3.63, 3.8) is 0 Å². The number of carbonyl (C=O) groups is 1. The fourth-order valence-corrected chi connectivity index (χ4v) is 2.80. The molecule has 0 bridgehead atoms. The summed E-state index contributed by atoms with van der Waals surface area (Å²) in [7, 11) is 0. The zero-order valence-corrected chi connectivity index (χ0v) is 18.8. The maximum Gasteiger partial charge on any atom is 0.320 e. The van der Waals surface area contributed by atoms with Gasteiger partial charge < -0.3 is 9.84 Å². The van der Waals surface area contributed by atoms with E-state index in [0.29, 0.717) is 11.5 Å². The summed E-state index contributed by atoms with van der Waals surface area (Å²) in [6, 6.07) is 11.5. The number of rotatable bonds is 4. The Hall–Kier alpha value is -3.09. The molecule has 2 aromatic heterocycles. The van der Waals surface area contributed by atoms with E-state index in [9.17, 15) is 4.79 Å². The highest BCUT2D eigenvalue weighted by Gasteiger charge is 2.22. The van der Waals surface area contributed by atoms with Gasteiger partial charge in [-0.25, -0.2) is 9.48 Å². The van der Waals surface area contributed by atoms with E-state index in [1.165, 1.54) is 0 Å². The Kier molecular flexibility index (Phi) is 5.74. The molecule has 0 fully saturated rings. The molecule has 0 aliphatic rings. The maximum absolute atomic E-state index is 12.6. The minimum absolute atomic E-state index is 0.128. The fourth-order valence-electron chi connectivity index (χ4n) is 2.80. The molecule has 0 aliphatic heterocycles. The molecule has 1 aromatic carbocycles. The number of aryl methyl sites for hydroxylation is 1. The molecule has 30 heavy (non-hydrogen) atoms. The second-order valence-corrected chi connectivity index (χ2v) is 9.65. The number of nitrogens with one attached hydrogen (secondary N) is 2. The number of hydrogen-bond acceptors (Lipinski definition) is 4. The summed E-state index contributed by atoms with van der Waals surface area (Å²) in [5.74, 6) is 1.39. The van der Waals surface area contributed by atoms with Gasteiger partial charge in [-0.2, -0.15) is 5.10 Å². The van der Waals surface area contributed by atoms with Crippen LogP contribution in [-0.2, 0) is 17.4 Å². The molecule has 7 heteroatoms. The Balaban J connectivity index is 1.76. The van der Waals surface area contributed by atoms with Crippen molar-refractivity contribution in [3.05, 3.63) is 59.1 Å². The third-order valence-corrected chi connectivity index (χ3v) is 4.73. The summed E-state index contributed by atoms with van der Waals surface area (Å²) in [6.45, 7) is 14.7. The summed E-state index contributed by atoms with van der Waals surface area (Å²) >= 11 is 0. The topological polar surface area (TPSA) is 85.0 Å². The van der Waals surface area contributed by atoms with Crippen molar-refractivity contribution in [2.45, 2.75) is 65.8 Å². The standard InChI is InChI=1S/C23H31N5O2/c1-15-8-10-17(11-9-15)28-20(13-18(26-28)22(2,3)4)25-21(29)24-14-16-12-19(30-27-16)23(5,6)7/h8-13H,14H2,1-7H3,(H2,24,25,29). The molecule has 0 aliphatic carbocycles. The van der Waals surface area contributed by atoms with Gasteiger partial charge in [-0.3, -0.25) is 5.32 Å². The molecule has 3 rings (SSSR count). The molecule has 0 radical (unpaired) electrons. The number of aromatic nitrogens is 3. The van der Waals surface area contributed by atoms with Crippen LogP contribution in [0.3, 0.4) is 0 Å². The van der Waals surface area contributed by atoms with E-state index in [0.717, 1.165) is 22.7 Å². The smallest absolute Gasteiger partial charge is 0.320 e. The number of urea groups is 1. The first kappa shape index (κ1) is 21.6. The predicted molar refractivity (Wildman–Crippen MR) is 118 cm³/mol. The number of nitrogens with zero attached hydrogens (tertiary/aromatic N) is 3. The molecular weight excluding hydrogens is 378 g/mol. The predicted octanol–water partition coefficient (Wildman–Crippen LogP) is 5.09. The van der Waals surface area contributed by atoms with Crippen molar-refractivity contribution in [2.75, 3.05) is 5.32 Å². The molecular formula is C23H31N5O2. The van der Waals surface area contributed by atoms with E-state index in [1.54, 1.807) is 4.68 Å². The van der Waals surface area contributed by atoms with Crippen LogP contribution in [0, 0.1) is 6.92 Å². The molecule has 0 saturated carbocycles. The van der Waals surface area contributed by atoms with Gasteiger partial charge in [0.2, 0.25) is 0 Å². The Morgan fingerprint density at radius 2 is 1.70 bits per heavy atom. The van der Waals surface area contributed by atoms with Crippen LogP contribution < -0.4 is 10.6 Å². The van der Waals surface area contributed by atoms with Gasteiger partial charge in [-0.1, -0.05) is 64.4 Å². The molecule has 2 heterocycles. The van der Waals surface area contributed by atoms with E-state index in [1.807, 2.05) is 43.3 Å². The van der Waals surface area contributed by atoms with Crippen LogP contribution in [0.4, 0.5) is 10.6 Å². The number of hydrogen-bond donors (Lipinski definition) is 2. The number of benzene rings is 1. The highest BCUT2D eigenvalue weighted by Crippen LogP contribution is 2.26. The largest absolute Gasteiger partial charge is 0.361 e. The average molecular weight is 410 g/mol. The van der Waals surface area contributed by atoms with E-state index in [-0.39, 0.29) is 23.4 Å². The molecule has 160 valence electrons. The molecule has 0 unspecified atom stereocenters. The van der Waals surface area contributed by atoms with Crippen LogP contribution in [0.5, 0.6) is 0 Å². The first-order valence-electron chi connectivity index (χ1n) is 10.1. The average Bonchev–Trinajstić information content (AvgIpc) is 3.27. The van der Waals surface area contributed by atoms with Gasteiger partial charge in [0, 0.05) is 23.0 Å². The summed E-state index contributed by atoms with van der Waals surface area (Å²) in [5.41, 5.74) is 3.35. The van der Waals surface area contributed by atoms with E-state index in [4.69, 9.17) is 9.62 Å². The lowest BCUT2D eigenvalue weighted by Gasteiger charge is -2.14. The molecule has 3 aromatic rings. The Labute approximate surface area is 177 Å². The molecule has 2 amide bonds. The lowest BCUT2D eigenvalue weighted by molar-refractivity contribution is 0.251. The van der Waals surface area contributed by atoms with Crippen molar-refractivity contribution in [1.29, 1.82) is 0 Å². The van der Waals surface area contributed by atoms with Gasteiger partial charge >= 0.3 is 6.03 Å². The first-order valence-corrected chi connectivity index (χ1v) is 10.1. The van der Waals surface area contributed by atoms with Gasteiger partial charge in [0.1, 0.15) is 17.3 Å². The third-order valence-electron chi connectivity index (χ3n) is 4.73. The summed E-state index contributed by atoms with van der Waals surface area (Å²) in [5, 5.41) is 14.5. The Morgan fingerprint density at radius 1 is 1.03 bits per heavy atom. The van der Waals surface area contributed by atoms with Crippen molar-refractivity contribution >= 4 is 11.8 Å². The highest BCUT2D eigenvalue weighted by molar-refractivity contribution is 5.88. The van der Waals surface area contributed by atoms with Crippen molar-refractivity contribution in [1.82, 2.24) is 20.3 Å². The number of anilines is 1. The van der Waals surface area contributed by atoms with Crippen LogP contribution >= 0.6 is 0 Å². The van der Waals surface area contributed by atoms with Crippen LogP contribution in [0.1, 0.15) is 64.3 Å². The SMILES string of the molecule is Cc1ccc(-n2nc(C(C)(C)C)cc2NC(=O)NCc2cc(C(C)(C)C)on2)cc1. The molecule has 0 spiro atoms. The molecule has 2 N–H and O–H groups in total. The summed E-state index contributed by atoms with van der Waals surface area (Å²) < 4.78 is 7.13. The first-order chi connectivity index (χ1) is 13.9. The number of amides is 2. The zero-order valence-electron chi connectivity index (χ0n) is 18.8. The Morgan fingerprint density at radius 3 is 2.27 bits per heavy atom. The van der Waals surface area contributed by atoms with Crippen LogP contribution in [0.25, 0.3) is 5.69 Å². The normalized spacial score (nSPS) is 12.1. The van der Waals surface area contributed by atoms with Gasteiger partial charge in [-0.15, -0.1) is 0 Å². The van der Waals surface area contributed by atoms with Gasteiger partial charge in [-0.05, 0) is 19.1 Å². The fraction of sp³-hybridized carbons (Fsp3) is 0.435. The van der Waals surface area contributed by atoms with E-state index in [2.05, 4.69) is 57.3 Å². The minimum atomic E-state index is -0.330. The highest BCUT2D eigenvalue weighted by atomic mass is 16.5. The van der Waals surface area contributed by atoms with E-state index < -0.39 is 0 Å². The quantitative estimate of drug-likeness (QED) is 0.629. The maximum atomic E-state index is 12.6. The second-order valence-electron chi connectivity index (χ2n) is 9.65. The lowest BCUT2D eigenvalue weighted by Crippen LogP contribution is -2.29. The second kappa shape index (κ2) is 7.97. The van der Waals surface area contributed by atoms with E-state index >= 15 is 0 Å². The molecule has 0 saturated heterocycles. The lowest BCUT2D eigenvalue weighted by atomic mass is 9.92. The number of carbonyl (C=O) groups excluding carboxylic acids is 1. The van der Waals surface area contributed by atoms with Crippen molar-refractivity contribution in [2.24, 2.45) is 0 Å². The summed E-state index contributed by atoms with van der Waals surface area (Å²) in [4.78, 5) is 12.6. The third kappa shape index (κ3) is 5.09. The molecule has 7 nitrogen and oxygen atoms in total. The van der Waals surface area contributed by atoms with Crippen LogP contribution in [0.15, 0.2) is 40.9 Å². The summed E-state index contributed by atoms with van der Waals surface area (Å²) in [6.07, 6.45) is 0. The van der Waals surface area contributed by atoms with Crippen molar-refractivity contribution in [3.8, 4) is 5.69 Å².